The van der Waals surface area contributed by atoms with Crippen LogP contribution in [-0.2, 0) is 49.6 Å². The van der Waals surface area contributed by atoms with Gasteiger partial charge in [0, 0.05) is 6.42 Å². The van der Waals surface area contributed by atoms with Gasteiger partial charge in [0.25, 0.3) is 0 Å². The predicted molar refractivity (Wildman–Crippen MR) is 262 cm³/mol. The fourth-order valence-corrected chi connectivity index (χ4v) is 7.12. The van der Waals surface area contributed by atoms with Crippen molar-refractivity contribution in [1.29, 1.82) is 0 Å². The van der Waals surface area contributed by atoms with Crippen molar-refractivity contribution in [2.24, 2.45) is 35.1 Å². The maximum absolute atomic E-state index is 13.6. The lowest BCUT2D eigenvalue weighted by Crippen LogP contribution is -2.61. The van der Waals surface area contributed by atoms with Crippen LogP contribution in [0.3, 0.4) is 0 Å². The van der Waals surface area contributed by atoms with Crippen molar-refractivity contribution in [2.75, 3.05) is 13.1 Å². The van der Waals surface area contributed by atoms with Gasteiger partial charge in [0.15, 0.2) is 0 Å². The highest BCUT2D eigenvalue weighted by atomic mass is 16.4. The minimum absolute atomic E-state index is 0.000603. The van der Waals surface area contributed by atoms with Crippen molar-refractivity contribution in [3.63, 3.8) is 0 Å². The first-order valence-electron chi connectivity index (χ1n) is 24.2. The van der Waals surface area contributed by atoms with Gasteiger partial charge >= 0.3 is 5.97 Å². The summed E-state index contributed by atoms with van der Waals surface area (Å²) in [4.78, 5) is 119. The molecule has 0 unspecified atom stereocenters. The van der Waals surface area contributed by atoms with Crippen LogP contribution in [0.1, 0.15) is 120 Å². The maximum atomic E-state index is 13.6. The van der Waals surface area contributed by atoms with E-state index in [2.05, 4.69) is 42.5 Å². The van der Waals surface area contributed by atoms with Crippen molar-refractivity contribution >= 4 is 53.2 Å². The number of aliphatic hydroxyl groups is 1. The number of benzene rings is 1. The van der Waals surface area contributed by atoms with E-state index in [1.54, 1.807) is 13.8 Å². The van der Waals surface area contributed by atoms with E-state index in [0.717, 1.165) is 0 Å². The maximum Gasteiger partial charge on any atom is 0.326 e. The zero-order chi connectivity index (χ0) is 53.4. The Labute approximate surface area is 412 Å². The molecule has 0 heterocycles. The number of nitrogens with one attached hydrogen (secondary N) is 8. The molecule has 1 aromatic rings. The van der Waals surface area contributed by atoms with Gasteiger partial charge in [-0.3, -0.25) is 38.4 Å². The second-order valence-corrected chi connectivity index (χ2v) is 19.3. The normalized spacial score (nSPS) is 15.7. The molecular weight excluding hydrogens is 909 g/mol. The highest BCUT2D eigenvalue weighted by Crippen LogP contribution is 2.14. The number of carboxylic acids is 1. The number of carboxylic acid groups (broad SMARTS) is 1. The molecule has 0 fully saturated rings. The number of carbonyl (C=O) groups is 9. The van der Waals surface area contributed by atoms with Crippen molar-refractivity contribution in [2.45, 2.75) is 175 Å². The smallest absolute Gasteiger partial charge is 0.326 e. The second-order valence-electron chi connectivity index (χ2n) is 19.3. The van der Waals surface area contributed by atoms with Crippen molar-refractivity contribution in [3.05, 3.63) is 29.8 Å². The molecule has 15 N–H and O–H groups in total. The van der Waals surface area contributed by atoms with Crippen LogP contribution in [-0.4, -0.2) is 136 Å². The van der Waals surface area contributed by atoms with Crippen LogP contribution in [0.25, 0.3) is 0 Å². The van der Waals surface area contributed by atoms with E-state index in [4.69, 9.17) is 11.5 Å². The number of hydrogen-bond acceptors (Lipinski definition) is 13. The van der Waals surface area contributed by atoms with Crippen LogP contribution in [0, 0.1) is 23.7 Å². The summed E-state index contributed by atoms with van der Waals surface area (Å²) in [6.45, 7) is 16.9. The zero-order valence-electron chi connectivity index (χ0n) is 42.6. The molecule has 0 saturated heterocycles. The molecule has 1 aromatic carbocycles. The number of hydrogen-bond donors (Lipinski definition) is 13. The molecular formula is C48H82N10O12. The minimum atomic E-state index is -1.64. The summed E-state index contributed by atoms with van der Waals surface area (Å²) in [5.41, 5.74) is 12.3. The first-order valence-corrected chi connectivity index (χ1v) is 24.2. The molecule has 8 amide bonds. The fourth-order valence-electron chi connectivity index (χ4n) is 7.12. The second kappa shape index (κ2) is 31.4. The van der Waals surface area contributed by atoms with E-state index in [1.165, 1.54) is 38.1 Å². The van der Waals surface area contributed by atoms with Gasteiger partial charge in [-0.25, -0.2) is 4.79 Å². The van der Waals surface area contributed by atoms with Gasteiger partial charge in [0.05, 0.1) is 18.7 Å². The number of phenolic OH excluding ortho intramolecular Hbond substituents is 1. The Morgan fingerprint density at radius 2 is 1.04 bits per heavy atom. The monoisotopic (exact) mass is 991 g/mol. The van der Waals surface area contributed by atoms with Gasteiger partial charge in [-0.1, -0.05) is 73.9 Å². The highest BCUT2D eigenvalue weighted by Gasteiger charge is 2.35. The summed E-state index contributed by atoms with van der Waals surface area (Å²) in [5, 5.41) is 50.4. The van der Waals surface area contributed by atoms with Crippen LogP contribution in [0.5, 0.6) is 5.75 Å². The Morgan fingerprint density at radius 3 is 1.51 bits per heavy atom. The molecule has 10 atom stereocenters. The molecule has 0 spiro atoms. The number of aliphatic hydroxyl groups excluding tert-OH is 1. The van der Waals surface area contributed by atoms with Crippen LogP contribution in [0.2, 0.25) is 0 Å². The first kappa shape index (κ1) is 62.1. The SMILES string of the molecule is CC[C@H](C)[C@H](N)C(=O)N[C@@H](CC(C)C)C(=O)N[C@@H](CC(C)C)C(=O)NCC(=O)N[C@@H](CCCCN)C(=O)N[C@@H](C)C(=O)N[C@H](C(=O)N[C@@H](CC(C)C)C(=O)N[C@@H](Cc1ccc(O)cc1)C(=O)O)[C@@H](C)O. The summed E-state index contributed by atoms with van der Waals surface area (Å²) in [5.74, 6) is -7.79. The summed E-state index contributed by atoms with van der Waals surface area (Å²) in [6.07, 6.45) is 0.495. The van der Waals surface area contributed by atoms with E-state index in [0.29, 0.717) is 24.8 Å². The van der Waals surface area contributed by atoms with Gasteiger partial charge in [-0.15, -0.1) is 0 Å². The minimum Gasteiger partial charge on any atom is -0.508 e. The number of phenols is 1. The van der Waals surface area contributed by atoms with E-state index in [-0.39, 0.29) is 68.1 Å². The highest BCUT2D eigenvalue weighted by molar-refractivity contribution is 5.97. The lowest BCUT2D eigenvalue weighted by atomic mass is 9.97. The molecule has 0 bridgehead atoms. The van der Waals surface area contributed by atoms with E-state index in [1.807, 2.05) is 41.5 Å². The number of nitrogens with two attached hydrogens (primary N) is 2. The number of amides is 8. The zero-order valence-corrected chi connectivity index (χ0v) is 42.6. The molecule has 0 aromatic heterocycles. The fraction of sp³-hybridized carbons (Fsp3) is 0.688. The first-order chi connectivity index (χ1) is 32.7. The molecule has 22 heteroatoms. The number of aliphatic carboxylic acids is 1. The van der Waals surface area contributed by atoms with Crippen molar-refractivity contribution in [3.8, 4) is 5.75 Å². The molecule has 70 heavy (non-hydrogen) atoms. The predicted octanol–water partition coefficient (Wildman–Crippen LogP) is -0.430. The van der Waals surface area contributed by atoms with Gasteiger partial charge in [0.2, 0.25) is 47.3 Å². The molecule has 396 valence electrons. The van der Waals surface area contributed by atoms with E-state index < -0.39 is 114 Å². The molecule has 0 aliphatic carbocycles. The van der Waals surface area contributed by atoms with Crippen LogP contribution >= 0.6 is 0 Å². The van der Waals surface area contributed by atoms with Crippen molar-refractivity contribution < 1.29 is 58.5 Å². The summed E-state index contributed by atoms with van der Waals surface area (Å²) in [6, 6.07) is -4.04. The van der Waals surface area contributed by atoms with Crippen molar-refractivity contribution in [1.82, 2.24) is 42.5 Å². The third-order valence-corrected chi connectivity index (χ3v) is 11.4. The number of rotatable bonds is 32. The number of aromatic hydroxyl groups is 1. The van der Waals surface area contributed by atoms with Gasteiger partial charge in [-0.2, -0.15) is 0 Å². The Morgan fingerprint density at radius 1 is 0.571 bits per heavy atom. The average molecular weight is 991 g/mol. The van der Waals surface area contributed by atoms with Crippen LogP contribution in [0.15, 0.2) is 24.3 Å². The Bertz CT molecular complexity index is 1880. The van der Waals surface area contributed by atoms with Gasteiger partial charge in [-0.05, 0) is 100 Å². The van der Waals surface area contributed by atoms with Crippen LogP contribution in [0.4, 0.5) is 0 Å². The third kappa shape index (κ3) is 23.2. The number of unbranched alkanes of at least 4 members (excludes halogenated alkanes) is 1. The van der Waals surface area contributed by atoms with Gasteiger partial charge < -0.3 is 69.3 Å². The average Bonchev–Trinajstić information content (AvgIpc) is 3.27. The topological polar surface area (TPSA) is 363 Å². The Kier molecular flexibility index (Phi) is 27.9. The summed E-state index contributed by atoms with van der Waals surface area (Å²) >= 11 is 0. The molecule has 0 saturated carbocycles. The molecule has 0 aliphatic heterocycles. The molecule has 1 rings (SSSR count). The largest absolute Gasteiger partial charge is 0.508 e. The summed E-state index contributed by atoms with van der Waals surface area (Å²) < 4.78 is 0. The lowest BCUT2D eigenvalue weighted by molar-refractivity contribution is -0.142. The standard InChI is InChI=1S/C48H82N10O12/c1-11-28(8)39(50)46(67)55-35(21-26(4)5)44(65)54-34(20-25(2)3)42(63)51-24-38(61)53-33(14-12-13-19-49)43(64)52-29(9)41(62)58-40(30(10)59)47(68)56-36(22-27(6)7)45(66)57-37(48(69)70)23-31-15-17-32(60)18-16-31/h15-18,25-30,33-37,39-40,59-60H,11-14,19-24,49-50H2,1-10H3,(H,51,63)(H,52,64)(H,53,61)(H,54,65)(H,55,67)(H,56,68)(H,57,66)(H,58,62)(H,69,70)/t28-,29-,30+,33-,34-,35-,36-,37-,39-,40-/m0/s1. The Hall–Kier alpha value is -5.87. The third-order valence-electron chi connectivity index (χ3n) is 11.4. The van der Waals surface area contributed by atoms with E-state index >= 15 is 0 Å². The summed E-state index contributed by atoms with van der Waals surface area (Å²) in [7, 11) is 0. The molecule has 0 radical (unpaired) electrons. The molecule has 0 aliphatic rings. The van der Waals surface area contributed by atoms with Gasteiger partial charge in [0.1, 0.15) is 48.0 Å². The lowest BCUT2D eigenvalue weighted by Gasteiger charge is -2.28. The quantitative estimate of drug-likeness (QED) is 0.0408. The van der Waals surface area contributed by atoms with E-state index in [9.17, 15) is 58.5 Å². The molecule has 22 nitrogen and oxygen atoms in total. The Balaban J connectivity index is 3.09. The van der Waals surface area contributed by atoms with Crippen LogP contribution < -0.4 is 54.0 Å². The number of carbonyl (C=O) groups excluding carboxylic acids is 8.